The molecule has 1 saturated heterocycles. The Kier molecular flexibility index (Phi) is 7.35. The van der Waals surface area contributed by atoms with Gasteiger partial charge in [-0.15, -0.1) is 5.10 Å². The van der Waals surface area contributed by atoms with Crippen LogP contribution in [0.25, 0.3) is 5.65 Å². The van der Waals surface area contributed by atoms with Crippen LogP contribution in [0.15, 0.2) is 53.5 Å². The van der Waals surface area contributed by atoms with Crippen LogP contribution in [0.5, 0.6) is 0 Å². The van der Waals surface area contributed by atoms with Crippen LogP contribution >= 0.6 is 11.6 Å². The number of hydrogen-bond donors (Lipinski definition) is 0. The molecule has 3 heterocycles. The number of rotatable bonds is 8. The summed E-state index contributed by atoms with van der Waals surface area (Å²) in [6, 6.07) is 13.3. The minimum absolute atomic E-state index is 0.0329. The predicted octanol–water partition coefficient (Wildman–Crippen LogP) is 3.07. The van der Waals surface area contributed by atoms with Gasteiger partial charge in [-0.05, 0) is 50.6 Å². The normalized spacial score (nSPS) is 15.8. The number of halogens is 1. The molecule has 1 fully saturated rings. The van der Waals surface area contributed by atoms with Gasteiger partial charge in [-0.3, -0.25) is 14.1 Å². The molecule has 0 N–H and O–H groups in total. The second-order valence-corrected chi connectivity index (χ2v) is 9.06. The molecule has 0 amide bonds. The van der Waals surface area contributed by atoms with E-state index in [0.717, 1.165) is 36.9 Å². The molecule has 3 aromatic rings. The monoisotopic (exact) mass is 471 g/mol. The van der Waals surface area contributed by atoms with Crippen LogP contribution in [0, 0.1) is 0 Å². The van der Waals surface area contributed by atoms with Crippen LogP contribution in [0.2, 0.25) is 5.02 Å². The van der Waals surface area contributed by atoms with Gasteiger partial charge in [0, 0.05) is 55.7 Å². The van der Waals surface area contributed by atoms with Crippen molar-refractivity contribution in [1.82, 2.24) is 19.1 Å². The van der Waals surface area contributed by atoms with E-state index >= 15 is 0 Å². The average molecular weight is 472 g/mol. The van der Waals surface area contributed by atoms with Crippen molar-refractivity contribution in [3.63, 3.8) is 0 Å². The number of aryl methyl sites for hydroxylation is 1. The second-order valence-electron chi connectivity index (χ2n) is 8.62. The van der Waals surface area contributed by atoms with Crippen LogP contribution in [0.1, 0.15) is 26.7 Å². The lowest BCUT2D eigenvalue weighted by Crippen LogP contribution is -2.51. The molecule has 1 aliphatic rings. The van der Waals surface area contributed by atoms with Crippen molar-refractivity contribution in [2.24, 2.45) is 0 Å². The second kappa shape index (κ2) is 10.4. The number of piperazine rings is 1. The SMILES string of the molecule is CC(C)OC(=O)CC(CCn1nc2ccccn2c1=O)N1CCN(c2cccc(Cl)c2)CC1. The summed E-state index contributed by atoms with van der Waals surface area (Å²) in [5, 5.41) is 5.15. The summed E-state index contributed by atoms with van der Waals surface area (Å²) in [5.41, 5.74) is 1.56. The fourth-order valence-corrected chi connectivity index (χ4v) is 4.50. The predicted molar refractivity (Wildman–Crippen MR) is 129 cm³/mol. The van der Waals surface area contributed by atoms with E-state index in [9.17, 15) is 9.59 Å². The fourth-order valence-electron chi connectivity index (χ4n) is 4.32. The Morgan fingerprint density at radius 1 is 1.12 bits per heavy atom. The standard InChI is InChI=1S/C24H30ClN5O3/c1-18(2)33-23(31)17-21(9-11-30-24(32)29-10-4-3-8-22(29)26-30)28-14-12-27(13-15-28)20-7-5-6-19(25)16-20/h3-8,10,16,18,21H,9,11-15,17H2,1-2H3. The number of anilines is 1. The number of esters is 1. The summed E-state index contributed by atoms with van der Waals surface area (Å²) in [5.74, 6) is -0.213. The molecule has 0 saturated carbocycles. The van der Waals surface area contributed by atoms with E-state index in [-0.39, 0.29) is 30.2 Å². The number of carbonyl (C=O) groups is 1. The van der Waals surface area contributed by atoms with E-state index in [1.54, 1.807) is 6.20 Å². The lowest BCUT2D eigenvalue weighted by Gasteiger charge is -2.40. The number of fused-ring (bicyclic) bond motifs is 1. The molecule has 0 bridgehead atoms. The Balaban J connectivity index is 1.44. The van der Waals surface area contributed by atoms with Gasteiger partial charge in [0.2, 0.25) is 0 Å². The van der Waals surface area contributed by atoms with Gasteiger partial charge in [0.15, 0.2) is 5.65 Å². The van der Waals surface area contributed by atoms with E-state index < -0.39 is 0 Å². The van der Waals surface area contributed by atoms with E-state index in [4.69, 9.17) is 16.3 Å². The third kappa shape index (κ3) is 5.75. The highest BCUT2D eigenvalue weighted by molar-refractivity contribution is 6.30. The Morgan fingerprint density at radius 3 is 2.61 bits per heavy atom. The number of nitrogens with zero attached hydrogens (tertiary/aromatic N) is 5. The van der Waals surface area contributed by atoms with Crippen molar-refractivity contribution in [1.29, 1.82) is 0 Å². The van der Waals surface area contributed by atoms with Crippen LogP contribution in [-0.2, 0) is 16.1 Å². The third-order valence-electron chi connectivity index (χ3n) is 5.94. The molecule has 4 rings (SSSR count). The van der Waals surface area contributed by atoms with Gasteiger partial charge < -0.3 is 9.64 Å². The molecule has 1 unspecified atom stereocenters. The third-order valence-corrected chi connectivity index (χ3v) is 6.17. The van der Waals surface area contributed by atoms with Crippen molar-refractivity contribution < 1.29 is 9.53 Å². The Morgan fingerprint density at radius 2 is 1.91 bits per heavy atom. The van der Waals surface area contributed by atoms with Crippen molar-refractivity contribution in [2.45, 2.75) is 45.4 Å². The van der Waals surface area contributed by atoms with Gasteiger partial charge in [-0.25, -0.2) is 9.48 Å². The number of aromatic nitrogens is 3. The molecule has 0 radical (unpaired) electrons. The van der Waals surface area contributed by atoms with Gasteiger partial charge in [0.1, 0.15) is 0 Å². The van der Waals surface area contributed by atoms with Crippen LogP contribution < -0.4 is 10.6 Å². The molecule has 0 spiro atoms. The summed E-state index contributed by atoms with van der Waals surface area (Å²) in [7, 11) is 0. The van der Waals surface area contributed by atoms with E-state index in [1.807, 2.05) is 50.2 Å². The molecule has 2 aromatic heterocycles. The van der Waals surface area contributed by atoms with E-state index in [0.29, 0.717) is 18.6 Å². The lowest BCUT2D eigenvalue weighted by atomic mass is 10.1. The summed E-state index contributed by atoms with van der Waals surface area (Å²) in [4.78, 5) is 29.8. The zero-order chi connectivity index (χ0) is 23.4. The van der Waals surface area contributed by atoms with Crippen molar-refractivity contribution in [2.75, 3.05) is 31.1 Å². The van der Waals surface area contributed by atoms with E-state index in [2.05, 4.69) is 21.0 Å². The summed E-state index contributed by atoms with van der Waals surface area (Å²) < 4.78 is 8.44. The Labute approximate surface area is 198 Å². The number of pyridine rings is 1. The van der Waals surface area contributed by atoms with Crippen LogP contribution in [0.3, 0.4) is 0 Å². The molecule has 1 aliphatic heterocycles. The molecule has 176 valence electrons. The molecule has 0 aliphatic carbocycles. The summed E-state index contributed by atoms with van der Waals surface area (Å²) >= 11 is 6.16. The van der Waals surface area contributed by atoms with Gasteiger partial charge in [-0.1, -0.05) is 23.7 Å². The summed E-state index contributed by atoms with van der Waals surface area (Å²) in [6.45, 7) is 7.45. The van der Waals surface area contributed by atoms with Gasteiger partial charge in [0.25, 0.3) is 0 Å². The van der Waals surface area contributed by atoms with Crippen molar-refractivity contribution in [3.8, 4) is 0 Å². The van der Waals surface area contributed by atoms with Gasteiger partial charge in [0.05, 0.1) is 12.5 Å². The van der Waals surface area contributed by atoms with E-state index in [1.165, 1.54) is 9.08 Å². The smallest absolute Gasteiger partial charge is 0.350 e. The molecule has 1 atom stereocenters. The first-order valence-corrected chi connectivity index (χ1v) is 11.8. The highest BCUT2D eigenvalue weighted by Crippen LogP contribution is 2.22. The molecular formula is C24H30ClN5O3. The highest BCUT2D eigenvalue weighted by atomic mass is 35.5. The zero-order valence-corrected chi connectivity index (χ0v) is 19.8. The van der Waals surface area contributed by atoms with Crippen molar-refractivity contribution in [3.05, 3.63) is 64.2 Å². The topological polar surface area (TPSA) is 72.1 Å². The van der Waals surface area contributed by atoms with Gasteiger partial charge in [-0.2, -0.15) is 0 Å². The quantitative estimate of drug-likeness (QED) is 0.470. The molecular weight excluding hydrogens is 442 g/mol. The minimum atomic E-state index is -0.213. The fraction of sp³-hybridized carbons (Fsp3) is 0.458. The maximum absolute atomic E-state index is 12.7. The Hall–Kier alpha value is -2.84. The highest BCUT2D eigenvalue weighted by Gasteiger charge is 2.27. The number of benzene rings is 1. The van der Waals surface area contributed by atoms with Gasteiger partial charge >= 0.3 is 11.7 Å². The average Bonchev–Trinajstić information content (AvgIpc) is 3.12. The number of ether oxygens (including phenoxy) is 1. The first kappa shape index (κ1) is 23.3. The first-order chi connectivity index (χ1) is 15.9. The minimum Gasteiger partial charge on any atom is -0.463 e. The first-order valence-electron chi connectivity index (χ1n) is 11.4. The summed E-state index contributed by atoms with van der Waals surface area (Å²) in [6.07, 6.45) is 2.48. The molecule has 1 aromatic carbocycles. The maximum Gasteiger partial charge on any atom is 0.350 e. The van der Waals surface area contributed by atoms with Crippen LogP contribution in [0.4, 0.5) is 5.69 Å². The largest absolute Gasteiger partial charge is 0.463 e. The molecule has 33 heavy (non-hydrogen) atoms. The zero-order valence-electron chi connectivity index (χ0n) is 19.1. The number of hydrogen-bond acceptors (Lipinski definition) is 6. The molecule has 8 nitrogen and oxygen atoms in total. The van der Waals surface area contributed by atoms with Crippen molar-refractivity contribution >= 4 is 28.9 Å². The van der Waals surface area contributed by atoms with Crippen LogP contribution in [-0.4, -0.2) is 63.4 Å². The lowest BCUT2D eigenvalue weighted by molar-refractivity contribution is -0.149. The number of carbonyl (C=O) groups excluding carboxylic acids is 1. The molecule has 9 heteroatoms. The Bertz CT molecular complexity index is 1150. The maximum atomic E-state index is 12.7.